The Labute approximate surface area is 123 Å². The van der Waals surface area contributed by atoms with E-state index in [1.54, 1.807) is 30.3 Å². The number of H-pyrrole nitrogens is 1. The van der Waals surface area contributed by atoms with Gasteiger partial charge in [0.05, 0.1) is 11.1 Å². The standard InChI is InChI=1S/C15H9ClFNO3/c16-11-4-2-1-3-9(11)13-10-6-5-8(17)7-12(10)18-14(13)21-15(19)20/h1-7,18H,(H,19,20). The lowest BCUT2D eigenvalue weighted by atomic mass is 10.0. The van der Waals surface area contributed by atoms with E-state index < -0.39 is 12.0 Å². The summed E-state index contributed by atoms with van der Waals surface area (Å²) in [5.74, 6) is -0.424. The van der Waals surface area contributed by atoms with E-state index >= 15 is 0 Å². The predicted octanol–water partition coefficient (Wildman–Crippen LogP) is 4.68. The lowest BCUT2D eigenvalue weighted by Crippen LogP contribution is -2.04. The molecule has 0 atom stereocenters. The summed E-state index contributed by atoms with van der Waals surface area (Å²) in [6.45, 7) is 0. The van der Waals surface area contributed by atoms with Gasteiger partial charge in [-0.3, -0.25) is 0 Å². The van der Waals surface area contributed by atoms with E-state index in [1.807, 2.05) is 0 Å². The largest absolute Gasteiger partial charge is 0.512 e. The quantitative estimate of drug-likeness (QED) is 0.675. The number of benzene rings is 2. The molecule has 2 aromatic carbocycles. The SMILES string of the molecule is O=C(O)Oc1[nH]c2cc(F)ccc2c1-c1ccccc1Cl. The minimum absolute atomic E-state index is 0.0104. The highest BCUT2D eigenvalue weighted by atomic mass is 35.5. The Bertz CT molecular complexity index is 844. The van der Waals surface area contributed by atoms with Gasteiger partial charge in [-0.2, -0.15) is 0 Å². The van der Waals surface area contributed by atoms with Gasteiger partial charge in [0.15, 0.2) is 0 Å². The zero-order valence-electron chi connectivity index (χ0n) is 10.6. The number of hydrogen-bond donors (Lipinski definition) is 2. The first-order valence-electron chi connectivity index (χ1n) is 6.03. The number of hydrogen-bond acceptors (Lipinski definition) is 2. The number of halogens is 2. The van der Waals surface area contributed by atoms with E-state index in [1.165, 1.54) is 12.1 Å². The number of nitrogens with one attached hydrogen (secondary N) is 1. The van der Waals surface area contributed by atoms with Gasteiger partial charge < -0.3 is 14.8 Å². The van der Waals surface area contributed by atoms with Crippen LogP contribution in [0.15, 0.2) is 42.5 Å². The van der Waals surface area contributed by atoms with Crippen LogP contribution in [-0.2, 0) is 0 Å². The molecular weight excluding hydrogens is 297 g/mol. The third-order valence-electron chi connectivity index (χ3n) is 3.06. The number of aromatic amines is 1. The van der Waals surface area contributed by atoms with Gasteiger partial charge in [-0.15, -0.1) is 0 Å². The first-order chi connectivity index (χ1) is 10.1. The topological polar surface area (TPSA) is 62.3 Å². The van der Waals surface area contributed by atoms with E-state index in [0.717, 1.165) is 0 Å². The van der Waals surface area contributed by atoms with Crippen LogP contribution in [0.3, 0.4) is 0 Å². The maximum atomic E-state index is 13.3. The monoisotopic (exact) mass is 305 g/mol. The van der Waals surface area contributed by atoms with E-state index in [9.17, 15) is 9.18 Å². The van der Waals surface area contributed by atoms with Gasteiger partial charge in [0, 0.05) is 16.0 Å². The molecule has 0 aliphatic heterocycles. The molecule has 0 aliphatic carbocycles. The molecule has 21 heavy (non-hydrogen) atoms. The average Bonchev–Trinajstić information content (AvgIpc) is 2.75. The zero-order valence-corrected chi connectivity index (χ0v) is 11.3. The second kappa shape index (κ2) is 5.10. The van der Waals surface area contributed by atoms with Gasteiger partial charge in [0.25, 0.3) is 0 Å². The van der Waals surface area contributed by atoms with Crippen LogP contribution in [0.1, 0.15) is 0 Å². The summed E-state index contributed by atoms with van der Waals surface area (Å²) in [7, 11) is 0. The number of carbonyl (C=O) groups is 1. The van der Waals surface area contributed by atoms with E-state index in [0.29, 0.717) is 27.1 Å². The van der Waals surface area contributed by atoms with Crippen LogP contribution in [0.25, 0.3) is 22.0 Å². The van der Waals surface area contributed by atoms with Crippen molar-refractivity contribution >= 4 is 28.7 Å². The second-order valence-electron chi connectivity index (χ2n) is 4.37. The molecule has 0 saturated carbocycles. The van der Waals surface area contributed by atoms with Gasteiger partial charge in [-0.05, 0) is 24.3 Å². The molecule has 0 amide bonds. The Balaban J connectivity index is 2.32. The molecule has 0 radical (unpaired) electrons. The first-order valence-corrected chi connectivity index (χ1v) is 6.41. The van der Waals surface area contributed by atoms with Crippen molar-refractivity contribution < 1.29 is 19.0 Å². The summed E-state index contributed by atoms with van der Waals surface area (Å²) in [4.78, 5) is 13.6. The molecule has 0 fully saturated rings. The van der Waals surface area contributed by atoms with Gasteiger partial charge >= 0.3 is 6.16 Å². The fourth-order valence-electron chi connectivity index (χ4n) is 2.24. The molecule has 1 heterocycles. The van der Waals surface area contributed by atoms with Crippen molar-refractivity contribution in [3.05, 3.63) is 53.3 Å². The van der Waals surface area contributed by atoms with Gasteiger partial charge in [-0.25, -0.2) is 9.18 Å². The van der Waals surface area contributed by atoms with Crippen molar-refractivity contribution in [1.29, 1.82) is 0 Å². The molecule has 3 aromatic rings. The third-order valence-corrected chi connectivity index (χ3v) is 3.39. The Morgan fingerprint density at radius 1 is 1.24 bits per heavy atom. The summed E-state index contributed by atoms with van der Waals surface area (Å²) < 4.78 is 18.1. The van der Waals surface area contributed by atoms with Crippen LogP contribution >= 0.6 is 11.6 Å². The zero-order chi connectivity index (χ0) is 15.0. The Hall–Kier alpha value is -2.53. The van der Waals surface area contributed by atoms with Crippen molar-refractivity contribution in [2.45, 2.75) is 0 Å². The van der Waals surface area contributed by atoms with Crippen molar-refractivity contribution in [2.24, 2.45) is 0 Å². The van der Waals surface area contributed by atoms with Crippen molar-refractivity contribution in [3.63, 3.8) is 0 Å². The number of rotatable bonds is 2. The maximum absolute atomic E-state index is 13.3. The molecule has 2 N–H and O–H groups in total. The second-order valence-corrected chi connectivity index (χ2v) is 4.77. The number of ether oxygens (including phenoxy) is 1. The Morgan fingerprint density at radius 3 is 2.71 bits per heavy atom. The summed E-state index contributed by atoms with van der Waals surface area (Å²) in [6, 6.07) is 11.1. The van der Waals surface area contributed by atoms with Crippen molar-refractivity contribution in [1.82, 2.24) is 4.98 Å². The Kier molecular flexibility index (Phi) is 3.27. The molecule has 1 aromatic heterocycles. The molecule has 106 valence electrons. The molecule has 6 heteroatoms. The number of aromatic nitrogens is 1. The molecule has 0 spiro atoms. The van der Waals surface area contributed by atoms with E-state index in [2.05, 4.69) is 4.98 Å². The first kappa shape index (κ1) is 13.5. The molecule has 0 bridgehead atoms. The summed E-state index contributed by atoms with van der Waals surface area (Å²) in [5.41, 5.74) is 1.52. The molecule has 0 unspecified atom stereocenters. The summed E-state index contributed by atoms with van der Waals surface area (Å²) >= 11 is 6.16. The highest BCUT2D eigenvalue weighted by Gasteiger charge is 2.19. The minimum atomic E-state index is -1.46. The molecule has 0 aliphatic rings. The smallest absolute Gasteiger partial charge is 0.449 e. The highest BCUT2D eigenvalue weighted by Crippen LogP contribution is 2.40. The molecular formula is C15H9ClFNO3. The van der Waals surface area contributed by atoms with E-state index in [4.69, 9.17) is 21.4 Å². The van der Waals surface area contributed by atoms with Gasteiger partial charge in [0.1, 0.15) is 5.82 Å². The van der Waals surface area contributed by atoms with Crippen LogP contribution < -0.4 is 4.74 Å². The number of carboxylic acid groups (broad SMARTS) is 1. The summed E-state index contributed by atoms with van der Waals surface area (Å²) in [5, 5.41) is 9.91. The lowest BCUT2D eigenvalue weighted by molar-refractivity contribution is 0.143. The van der Waals surface area contributed by atoms with Gasteiger partial charge in [0.2, 0.25) is 5.88 Å². The molecule has 0 saturated heterocycles. The molecule has 3 rings (SSSR count). The predicted molar refractivity (Wildman–Crippen MR) is 77.4 cm³/mol. The lowest BCUT2D eigenvalue weighted by Gasteiger charge is -2.05. The molecule has 4 nitrogen and oxygen atoms in total. The van der Waals surface area contributed by atoms with Crippen LogP contribution in [0.5, 0.6) is 5.88 Å². The average molecular weight is 306 g/mol. The highest BCUT2D eigenvalue weighted by molar-refractivity contribution is 6.34. The minimum Gasteiger partial charge on any atom is -0.449 e. The van der Waals surface area contributed by atoms with Crippen LogP contribution in [-0.4, -0.2) is 16.2 Å². The normalized spacial score (nSPS) is 10.8. The Morgan fingerprint density at radius 2 is 2.00 bits per heavy atom. The van der Waals surface area contributed by atoms with E-state index in [-0.39, 0.29) is 5.88 Å². The fraction of sp³-hybridized carbons (Fsp3) is 0. The van der Waals surface area contributed by atoms with Gasteiger partial charge in [-0.1, -0.05) is 29.8 Å². The maximum Gasteiger partial charge on any atom is 0.512 e. The number of fused-ring (bicyclic) bond motifs is 1. The van der Waals surface area contributed by atoms with Crippen LogP contribution in [0, 0.1) is 5.82 Å². The van der Waals surface area contributed by atoms with Crippen molar-refractivity contribution in [3.8, 4) is 17.0 Å². The summed E-state index contributed by atoms with van der Waals surface area (Å²) in [6.07, 6.45) is -1.46. The van der Waals surface area contributed by atoms with Crippen LogP contribution in [0.2, 0.25) is 5.02 Å². The van der Waals surface area contributed by atoms with Crippen molar-refractivity contribution in [2.75, 3.05) is 0 Å². The fourth-order valence-corrected chi connectivity index (χ4v) is 2.47. The third kappa shape index (κ3) is 2.43. The van der Waals surface area contributed by atoms with Crippen LogP contribution in [0.4, 0.5) is 9.18 Å².